The van der Waals surface area contributed by atoms with Crippen molar-refractivity contribution in [3.05, 3.63) is 28.7 Å². The lowest BCUT2D eigenvalue weighted by Gasteiger charge is -2.34. The Morgan fingerprint density at radius 1 is 1.33 bits per heavy atom. The molecule has 5 nitrogen and oxygen atoms in total. The maximum Gasteiger partial charge on any atom is 0.248 e. The number of hydrogen-bond donors (Lipinski definition) is 1. The average Bonchev–Trinajstić information content (AvgIpc) is 2.33. The molecule has 100 valence electrons. The molecule has 0 saturated carbocycles. The first-order valence-corrected chi connectivity index (χ1v) is 7.54. The molecule has 0 amide bonds. The van der Waals surface area contributed by atoms with Crippen LogP contribution in [0.25, 0.3) is 0 Å². The Bertz CT molecular complexity index is 579. The van der Waals surface area contributed by atoms with Crippen LogP contribution in [0.1, 0.15) is 20.3 Å². The van der Waals surface area contributed by atoms with Crippen LogP contribution in [0.5, 0.6) is 0 Å². The van der Waals surface area contributed by atoms with Crippen molar-refractivity contribution in [1.29, 1.82) is 0 Å². The minimum atomic E-state index is -3.66. The van der Waals surface area contributed by atoms with Crippen molar-refractivity contribution in [3.8, 4) is 0 Å². The SMILES string of the molecule is CC1CCN(S(=O)(=O)c2c[nH]ccc2=O)CC1C. The zero-order chi connectivity index (χ0) is 13.3. The highest BCUT2D eigenvalue weighted by Gasteiger charge is 2.32. The summed E-state index contributed by atoms with van der Waals surface area (Å²) in [5, 5.41) is 0. The topological polar surface area (TPSA) is 70.2 Å². The van der Waals surface area contributed by atoms with Gasteiger partial charge in [-0.05, 0) is 18.3 Å². The molecule has 0 aromatic carbocycles. The number of sulfonamides is 1. The number of rotatable bonds is 2. The van der Waals surface area contributed by atoms with Crippen LogP contribution in [0.3, 0.4) is 0 Å². The number of hydrogen-bond acceptors (Lipinski definition) is 3. The third-order valence-corrected chi connectivity index (χ3v) is 5.59. The van der Waals surface area contributed by atoms with Crippen molar-refractivity contribution < 1.29 is 8.42 Å². The quantitative estimate of drug-likeness (QED) is 0.873. The maximum absolute atomic E-state index is 12.4. The molecule has 0 radical (unpaired) electrons. The van der Waals surface area contributed by atoms with E-state index in [-0.39, 0.29) is 4.90 Å². The number of nitrogens with one attached hydrogen (secondary N) is 1. The van der Waals surface area contributed by atoms with E-state index in [1.807, 2.05) is 6.92 Å². The molecule has 1 saturated heterocycles. The number of pyridine rings is 1. The van der Waals surface area contributed by atoms with E-state index in [0.717, 1.165) is 6.42 Å². The third kappa shape index (κ3) is 2.35. The summed E-state index contributed by atoms with van der Waals surface area (Å²) in [6.45, 7) is 5.14. The van der Waals surface area contributed by atoms with E-state index >= 15 is 0 Å². The van der Waals surface area contributed by atoms with Crippen LogP contribution < -0.4 is 5.43 Å². The van der Waals surface area contributed by atoms with Crippen molar-refractivity contribution in [1.82, 2.24) is 9.29 Å². The normalized spacial score (nSPS) is 26.1. The fourth-order valence-corrected chi connectivity index (χ4v) is 3.78. The van der Waals surface area contributed by atoms with Gasteiger partial charge in [0.25, 0.3) is 0 Å². The summed E-state index contributed by atoms with van der Waals surface area (Å²) in [5.74, 6) is 0.835. The lowest BCUT2D eigenvalue weighted by Crippen LogP contribution is -2.43. The Morgan fingerprint density at radius 3 is 2.67 bits per heavy atom. The summed E-state index contributed by atoms with van der Waals surface area (Å²) in [5.41, 5.74) is -0.458. The third-order valence-electron chi connectivity index (χ3n) is 3.70. The number of nitrogens with zero attached hydrogens (tertiary/aromatic N) is 1. The molecule has 2 heterocycles. The van der Waals surface area contributed by atoms with Crippen molar-refractivity contribution >= 4 is 10.0 Å². The van der Waals surface area contributed by atoms with Gasteiger partial charge >= 0.3 is 0 Å². The highest BCUT2D eigenvalue weighted by atomic mass is 32.2. The van der Waals surface area contributed by atoms with Gasteiger partial charge in [-0.3, -0.25) is 4.79 Å². The van der Waals surface area contributed by atoms with Gasteiger partial charge in [-0.25, -0.2) is 8.42 Å². The first-order chi connectivity index (χ1) is 8.43. The molecule has 1 N–H and O–H groups in total. The van der Waals surface area contributed by atoms with Crippen molar-refractivity contribution in [2.45, 2.75) is 25.2 Å². The predicted octanol–water partition coefficient (Wildman–Crippen LogP) is 1.04. The second kappa shape index (κ2) is 4.85. The van der Waals surface area contributed by atoms with Gasteiger partial charge in [-0.15, -0.1) is 0 Å². The number of piperidine rings is 1. The fourth-order valence-electron chi connectivity index (χ4n) is 2.18. The summed E-state index contributed by atoms with van der Waals surface area (Å²) in [4.78, 5) is 14.1. The van der Waals surface area contributed by atoms with E-state index in [1.54, 1.807) is 0 Å². The number of aromatic amines is 1. The monoisotopic (exact) mass is 270 g/mol. The first-order valence-electron chi connectivity index (χ1n) is 6.10. The maximum atomic E-state index is 12.4. The molecule has 0 spiro atoms. The summed E-state index contributed by atoms with van der Waals surface area (Å²) in [6, 6.07) is 1.24. The minimum absolute atomic E-state index is 0.160. The van der Waals surface area contributed by atoms with E-state index in [0.29, 0.717) is 24.9 Å². The Morgan fingerprint density at radius 2 is 2.06 bits per heavy atom. The van der Waals surface area contributed by atoms with E-state index in [9.17, 15) is 13.2 Å². The predicted molar refractivity (Wildman–Crippen MR) is 68.8 cm³/mol. The molecule has 0 bridgehead atoms. The Hall–Kier alpha value is -1.14. The highest BCUT2D eigenvalue weighted by molar-refractivity contribution is 7.89. The van der Waals surface area contributed by atoms with Crippen LogP contribution >= 0.6 is 0 Å². The Labute approximate surface area is 107 Å². The Kier molecular flexibility index (Phi) is 3.59. The molecule has 1 aromatic rings. The van der Waals surface area contributed by atoms with Gasteiger partial charge in [0.1, 0.15) is 4.90 Å². The summed E-state index contributed by atoms with van der Waals surface area (Å²) >= 11 is 0. The summed E-state index contributed by atoms with van der Waals surface area (Å²) < 4.78 is 26.2. The molecule has 2 atom stereocenters. The van der Waals surface area contributed by atoms with Crippen LogP contribution in [0.4, 0.5) is 0 Å². The van der Waals surface area contributed by atoms with E-state index in [4.69, 9.17) is 0 Å². The van der Waals surface area contributed by atoms with Crippen LogP contribution in [0, 0.1) is 11.8 Å². The Balaban J connectivity index is 2.33. The molecule has 1 aliphatic rings. The van der Waals surface area contributed by atoms with E-state index in [2.05, 4.69) is 11.9 Å². The molecule has 6 heteroatoms. The standard InChI is InChI=1S/C12H18N2O3S/c1-9-4-6-14(8-10(9)2)18(16,17)12-7-13-5-3-11(12)15/h3,5,7,9-10H,4,6,8H2,1-2H3,(H,13,15). The van der Waals surface area contributed by atoms with Gasteiger partial charge in [0, 0.05) is 31.5 Å². The molecule has 1 fully saturated rings. The van der Waals surface area contributed by atoms with Crippen LogP contribution in [0.2, 0.25) is 0 Å². The number of H-pyrrole nitrogens is 1. The van der Waals surface area contributed by atoms with Crippen LogP contribution in [-0.4, -0.2) is 30.8 Å². The fraction of sp³-hybridized carbons (Fsp3) is 0.583. The van der Waals surface area contributed by atoms with Gasteiger partial charge in [0.05, 0.1) is 0 Å². The molecule has 1 aromatic heterocycles. The van der Waals surface area contributed by atoms with E-state index in [1.165, 1.54) is 22.8 Å². The van der Waals surface area contributed by atoms with Crippen molar-refractivity contribution in [2.24, 2.45) is 11.8 Å². The largest absolute Gasteiger partial charge is 0.366 e. The molecule has 0 aliphatic carbocycles. The van der Waals surface area contributed by atoms with Gasteiger partial charge in [-0.1, -0.05) is 13.8 Å². The van der Waals surface area contributed by atoms with E-state index < -0.39 is 15.5 Å². The number of aromatic nitrogens is 1. The van der Waals surface area contributed by atoms with Crippen molar-refractivity contribution in [2.75, 3.05) is 13.1 Å². The van der Waals surface area contributed by atoms with Gasteiger partial charge < -0.3 is 4.98 Å². The highest BCUT2D eigenvalue weighted by Crippen LogP contribution is 2.26. The molecular weight excluding hydrogens is 252 g/mol. The minimum Gasteiger partial charge on any atom is -0.366 e. The van der Waals surface area contributed by atoms with Gasteiger partial charge in [0.2, 0.25) is 15.5 Å². The second-order valence-corrected chi connectivity index (χ2v) is 6.89. The van der Waals surface area contributed by atoms with Crippen LogP contribution in [0.15, 0.2) is 28.2 Å². The lowest BCUT2D eigenvalue weighted by molar-refractivity contribution is 0.212. The average molecular weight is 270 g/mol. The molecule has 2 rings (SSSR count). The molecule has 18 heavy (non-hydrogen) atoms. The van der Waals surface area contributed by atoms with Crippen LogP contribution in [-0.2, 0) is 10.0 Å². The van der Waals surface area contributed by atoms with Gasteiger partial charge in [-0.2, -0.15) is 4.31 Å². The summed E-state index contributed by atoms with van der Waals surface area (Å²) in [6.07, 6.45) is 3.54. The molecule has 2 unspecified atom stereocenters. The smallest absolute Gasteiger partial charge is 0.248 e. The second-order valence-electron chi connectivity index (χ2n) is 4.98. The molecule has 1 aliphatic heterocycles. The van der Waals surface area contributed by atoms with Gasteiger partial charge in [0.15, 0.2) is 0 Å². The summed E-state index contributed by atoms with van der Waals surface area (Å²) in [7, 11) is -3.66. The molecular formula is C12H18N2O3S. The zero-order valence-electron chi connectivity index (χ0n) is 10.6. The van der Waals surface area contributed by atoms with Crippen molar-refractivity contribution in [3.63, 3.8) is 0 Å². The lowest BCUT2D eigenvalue weighted by atomic mass is 9.90. The zero-order valence-corrected chi connectivity index (χ0v) is 11.4. The first kappa shape index (κ1) is 13.3.